The third-order valence-electron chi connectivity index (χ3n) is 4.64. The van der Waals surface area contributed by atoms with Gasteiger partial charge in [-0.2, -0.15) is 0 Å². The molecule has 144 valence electrons. The molecule has 0 spiro atoms. The fraction of sp³-hybridized carbons (Fsp3) is 0.500. The second kappa shape index (κ2) is 10.1. The second-order valence-electron chi connectivity index (χ2n) is 6.49. The van der Waals surface area contributed by atoms with Crippen molar-refractivity contribution in [2.75, 3.05) is 33.7 Å². The van der Waals surface area contributed by atoms with Gasteiger partial charge in [0, 0.05) is 68.6 Å². The number of aromatic nitrogens is 1. The van der Waals surface area contributed by atoms with Crippen LogP contribution in [0.1, 0.15) is 16.1 Å². The Morgan fingerprint density at radius 1 is 1.46 bits per heavy atom. The largest absolute Gasteiger partial charge is 0.355 e. The summed E-state index contributed by atoms with van der Waals surface area (Å²) in [6, 6.07) is 4.42. The standard InChI is InChI=1S/C18H26BrN5S.HI/c1-20-18(23(3)13-16-10-15(19)12-22(16)2)21-6-8-24-7-4-17-14(11-24)5-9-25-17;/h5,9-10,12H,4,6-8,11,13H2,1-3H3,(H,20,21);1H. The highest BCUT2D eigenvalue weighted by atomic mass is 127. The average Bonchev–Trinajstić information content (AvgIpc) is 3.17. The Hall–Kier alpha value is -0.580. The molecule has 2 aromatic heterocycles. The summed E-state index contributed by atoms with van der Waals surface area (Å²) in [4.78, 5) is 10.7. The highest BCUT2D eigenvalue weighted by Crippen LogP contribution is 2.23. The molecule has 0 saturated heterocycles. The van der Waals surface area contributed by atoms with E-state index in [1.807, 2.05) is 18.4 Å². The fourth-order valence-electron chi connectivity index (χ4n) is 3.25. The summed E-state index contributed by atoms with van der Waals surface area (Å²) < 4.78 is 3.25. The highest BCUT2D eigenvalue weighted by molar-refractivity contribution is 14.0. The minimum atomic E-state index is 0. The summed E-state index contributed by atoms with van der Waals surface area (Å²) in [6.45, 7) is 5.00. The molecule has 0 aromatic carbocycles. The van der Waals surface area contributed by atoms with E-state index in [0.29, 0.717) is 0 Å². The van der Waals surface area contributed by atoms with E-state index in [2.05, 4.69) is 78.4 Å². The number of aryl methyl sites for hydroxylation is 1. The number of nitrogens with zero attached hydrogens (tertiary/aromatic N) is 4. The van der Waals surface area contributed by atoms with E-state index in [0.717, 1.165) is 43.2 Å². The minimum Gasteiger partial charge on any atom is -0.355 e. The normalized spacial score (nSPS) is 14.7. The smallest absolute Gasteiger partial charge is 0.193 e. The lowest BCUT2D eigenvalue weighted by Crippen LogP contribution is -2.43. The van der Waals surface area contributed by atoms with Crippen LogP contribution in [0.4, 0.5) is 0 Å². The molecule has 1 aliphatic rings. The van der Waals surface area contributed by atoms with Crippen molar-refractivity contribution in [1.82, 2.24) is 19.7 Å². The van der Waals surface area contributed by atoms with Crippen LogP contribution in [0.15, 0.2) is 33.2 Å². The van der Waals surface area contributed by atoms with E-state index >= 15 is 0 Å². The fourth-order valence-corrected chi connectivity index (χ4v) is 4.71. The van der Waals surface area contributed by atoms with E-state index in [1.165, 1.54) is 17.7 Å². The van der Waals surface area contributed by atoms with E-state index in [9.17, 15) is 0 Å². The molecule has 0 amide bonds. The first-order valence-corrected chi connectivity index (χ1v) is 10.2. The van der Waals surface area contributed by atoms with Crippen LogP contribution in [0.3, 0.4) is 0 Å². The number of halogens is 2. The maximum Gasteiger partial charge on any atom is 0.193 e. The third kappa shape index (κ3) is 5.46. The van der Waals surface area contributed by atoms with Crippen LogP contribution in [0, 0.1) is 0 Å². The second-order valence-corrected chi connectivity index (χ2v) is 8.40. The zero-order valence-electron chi connectivity index (χ0n) is 15.5. The maximum absolute atomic E-state index is 4.42. The van der Waals surface area contributed by atoms with Crippen molar-refractivity contribution in [2.24, 2.45) is 12.0 Å². The third-order valence-corrected chi connectivity index (χ3v) is 6.10. The zero-order chi connectivity index (χ0) is 17.8. The van der Waals surface area contributed by atoms with Gasteiger partial charge in [0.15, 0.2) is 5.96 Å². The first kappa shape index (κ1) is 21.7. The monoisotopic (exact) mass is 551 g/mol. The number of guanidine groups is 1. The van der Waals surface area contributed by atoms with Gasteiger partial charge in [-0.15, -0.1) is 35.3 Å². The molecule has 3 rings (SSSR count). The lowest BCUT2D eigenvalue weighted by molar-refractivity contribution is 0.259. The number of rotatable bonds is 5. The van der Waals surface area contributed by atoms with Gasteiger partial charge in [-0.1, -0.05) is 0 Å². The predicted molar refractivity (Wildman–Crippen MR) is 125 cm³/mol. The summed E-state index contributed by atoms with van der Waals surface area (Å²) in [7, 11) is 5.99. The molecular weight excluding hydrogens is 525 g/mol. The quantitative estimate of drug-likeness (QED) is 0.351. The molecule has 0 bridgehead atoms. The number of hydrogen-bond acceptors (Lipinski definition) is 3. The van der Waals surface area contributed by atoms with Gasteiger partial charge >= 0.3 is 0 Å². The molecule has 0 aliphatic carbocycles. The lowest BCUT2D eigenvalue weighted by atomic mass is 10.1. The van der Waals surface area contributed by atoms with E-state index in [4.69, 9.17) is 0 Å². The molecule has 0 fully saturated rings. The van der Waals surface area contributed by atoms with Gasteiger partial charge in [0.2, 0.25) is 0 Å². The number of hydrogen-bond donors (Lipinski definition) is 1. The van der Waals surface area contributed by atoms with Gasteiger partial charge < -0.3 is 14.8 Å². The highest BCUT2D eigenvalue weighted by Gasteiger charge is 2.17. The van der Waals surface area contributed by atoms with Crippen LogP contribution in [0.2, 0.25) is 0 Å². The summed E-state index contributed by atoms with van der Waals surface area (Å²) in [5, 5.41) is 5.71. The Labute approximate surface area is 185 Å². The Kier molecular flexibility index (Phi) is 8.43. The van der Waals surface area contributed by atoms with Crippen molar-refractivity contribution < 1.29 is 0 Å². The Bertz CT molecular complexity index is 742. The first-order chi connectivity index (χ1) is 12.1. The number of thiophene rings is 1. The summed E-state index contributed by atoms with van der Waals surface area (Å²) >= 11 is 5.43. The molecule has 0 unspecified atom stereocenters. The van der Waals surface area contributed by atoms with Gasteiger partial charge in [0.25, 0.3) is 0 Å². The van der Waals surface area contributed by atoms with Crippen molar-refractivity contribution in [3.8, 4) is 0 Å². The number of fused-ring (bicyclic) bond motifs is 1. The SMILES string of the molecule is CN=C(NCCN1CCc2sccc2C1)N(C)Cc1cc(Br)cn1C.I. The van der Waals surface area contributed by atoms with Crippen LogP contribution in [-0.2, 0) is 26.6 Å². The molecule has 8 heteroatoms. The van der Waals surface area contributed by atoms with Gasteiger partial charge in [0.05, 0.1) is 6.54 Å². The zero-order valence-corrected chi connectivity index (χ0v) is 20.3. The van der Waals surface area contributed by atoms with Crippen LogP contribution in [-0.4, -0.2) is 54.1 Å². The summed E-state index contributed by atoms with van der Waals surface area (Å²) in [5.74, 6) is 0.936. The van der Waals surface area contributed by atoms with Crippen LogP contribution in [0.5, 0.6) is 0 Å². The minimum absolute atomic E-state index is 0. The predicted octanol–water partition coefficient (Wildman–Crippen LogP) is 3.53. The van der Waals surface area contributed by atoms with Crippen LogP contribution >= 0.6 is 51.2 Å². The molecule has 2 aromatic rings. The van der Waals surface area contributed by atoms with Crippen molar-refractivity contribution >= 4 is 57.2 Å². The van der Waals surface area contributed by atoms with E-state index in [-0.39, 0.29) is 24.0 Å². The van der Waals surface area contributed by atoms with Crippen molar-refractivity contribution in [3.63, 3.8) is 0 Å². The van der Waals surface area contributed by atoms with Crippen molar-refractivity contribution in [1.29, 1.82) is 0 Å². The molecule has 1 N–H and O–H groups in total. The summed E-state index contributed by atoms with van der Waals surface area (Å²) in [5.41, 5.74) is 2.75. The van der Waals surface area contributed by atoms with Gasteiger partial charge in [-0.25, -0.2) is 0 Å². The Morgan fingerprint density at radius 2 is 2.27 bits per heavy atom. The molecule has 0 saturated carbocycles. The van der Waals surface area contributed by atoms with Gasteiger partial charge in [-0.05, 0) is 45.4 Å². The first-order valence-electron chi connectivity index (χ1n) is 8.57. The molecule has 1 aliphatic heterocycles. The Balaban J connectivity index is 0.00000243. The average molecular weight is 552 g/mol. The number of nitrogens with one attached hydrogen (secondary N) is 1. The van der Waals surface area contributed by atoms with Crippen molar-refractivity contribution in [3.05, 3.63) is 44.3 Å². The van der Waals surface area contributed by atoms with Crippen LogP contribution in [0.25, 0.3) is 0 Å². The summed E-state index contributed by atoms with van der Waals surface area (Å²) in [6.07, 6.45) is 3.26. The van der Waals surface area contributed by atoms with E-state index in [1.54, 1.807) is 4.88 Å². The molecule has 3 heterocycles. The van der Waals surface area contributed by atoms with E-state index < -0.39 is 0 Å². The van der Waals surface area contributed by atoms with Crippen LogP contribution < -0.4 is 5.32 Å². The molecule has 0 atom stereocenters. The topological polar surface area (TPSA) is 35.8 Å². The van der Waals surface area contributed by atoms with Gasteiger partial charge in [-0.3, -0.25) is 9.89 Å². The maximum atomic E-state index is 4.42. The Morgan fingerprint density at radius 3 is 2.96 bits per heavy atom. The molecular formula is C18H27BrIN5S. The van der Waals surface area contributed by atoms with Crippen molar-refractivity contribution in [2.45, 2.75) is 19.5 Å². The molecule has 26 heavy (non-hydrogen) atoms. The molecule has 5 nitrogen and oxygen atoms in total. The molecule has 0 radical (unpaired) electrons. The lowest BCUT2D eigenvalue weighted by Gasteiger charge is -2.28. The van der Waals surface area contributed by atoms with Gasteiger partial charge in [0.1, 0.15) is 0 Å². The number of aliphatic imine (C=N–C) groups is 1.